The molecule has 1 aliphatic carbocycles. The van der Waals surface area contributed by atoms with E-state index in [2.05, 4.69) is 128 Å². The summed E-state index contributed by atoms with van der Waals surface area (Å²) in [4.78, 5) is 16.0. The van der Waals surface area contributed by atoms with E-state index in [1.165, 1.54) is 27.5 Å². The predicted molar refractivity (Wildman–Crippen MR) is 212 cm³/mol. The Bertz CT molecular complexity index is 2230. The van der Waals surface area contributed by atoms with Gasteiger partial charge in [-0.25, -0.2) is 0 Å². The summed E-state index contributed by atoms with van der Waals surface area (Å²) in [5.41, 5.74) is 12.1. The molecular weight excluding hydrogens is 621 g/mol. The number of nitrogens with zero attached hydrogens (tertiary/aromatic N) is 1. The van der Waals surface area contributed by atoms with Crippen LogP contribution in [0, 0.1) is 0 Å². The fourth-order valence-electron chi connectivity index (χ4n) is 7.67. The molecule has 0 fully saturated rings. The Hall–Kier alpha value is -5.97. The molecule has 0 bridgehead atoms. The van der Waals surface area contributed by atoms with E-state index in [9.17, 15) is 9.90 Å². The summed E-state index contributed by atoms with van der Waals surface area (Å²) in [6, 6.07) is 62.0. The number of rotatable bonds is 9. The lowest BCUT2D eigenvalue weighted by Gasteiger charge is -2.25. The van der Waals surface area contributed by atoms with Gasteiger partial charge in [0.1, 0.15) is 6.10 Å². The van der Waals surface area contributed by atoms with Crippen LogP contribution in [0.25, 0.3) is 11.1 Å². The topological polar surface area (TPSA) is 40.5 Å². The maximum absolute atomic E-state index is 13.9. The molecule has 1 N–H and O–H groups in total. The second kappa shape index (κ2) is 13.4. The van der Waals surface area contributed by atoms with Crippen molar-refractivity contribution in [1.29, 1.82) is 0 Å². The number of carbonyl (C=O) groups is 1. The molecule has 0 radical (unpaired) electrons. The highest BCUT2D eigenvalue weighted by Gasteiger charge is 2.37. The largest absolute Gasteiger partial charge is 0.380 e. The summed E-state index contributed by atoms with van der Waals surface area (Å²) in [6.07, 6.45) is -1.28. The van der Waals surface area contributed by atoms with Gasteiger partial charge in [-0.2, -0.15) is 0 Å². The van der Waals surface area contributed by atoms with E-state index in [4.69, 9.17) is 0 Å². The number of fused-ring (bicyclic) bond motifs is 3. The molecule has 1 unspecified atom stereocenters. The van der Waals surface area contributed by atoms with E-state index in [0.717, 1.165) is 28.2 Å². The Morgan fingerprint density at radius 2 is 0.980 bits per heavy atom. The second-order valence-corrected chi connectivity index (χ2v) is 13.8. The third kappa shape index (κ3) is 5.98. The molecule has 0 saturated carbocycles. The van der Waals surface area contributed by atoms with Crippen molar-refractivity contribution in [3.8, 4) is 11.1 Å². The summed E-state index contributed by atoms with van der Waals surface area (Å²) in [5.74, 6) is -0.311. The van der Waals surface area contributed by atoms with Gasteiger partial charge in [-0.3, -0.25) is 4.79 Å². The van der Waals surface area contributed by atoms with Crippen LogP contribution in [-0.2, 0) is 5.41 Å². The molecule has 0 saturated heterocycles. The zero-order valence-corrected chi connectivity index (χ0v) is 28.8. The van der Waals surface area contributed by atoms with Crippen molar-refractivity contribution in [2.24, 2.45) is 0 Å². The van der Waals surface area contributed by atoms with Crippen LogP contribution >= 0.6 is 0 Å². The van der Waals surface area contributed by atoms with Gasteiger partial charge in [0.05, 0.1) is 0 Å². The van der Waals surface area contributed by atoms with Crippen molar-refractivity contribution in [3.63, 3.8) is 0 Å². The van der Waals surface area contributed by atoms with Crippen molar-refractivity contribution >= 4 is 45.9 Å². The molecule has 8 rings (SSSR count). The van der Waals surface area contributed by atoms with E-state index >= 15 is 0 Å². The normalized spacial score (nSPS) is 13.2. The van der Waals surface area contributed by atoms with Crippen molar-refractivity contribution in [2.45, 2.75) is 25.4 Å². The maximum Gasteiger partial charge on any atom is 0.241 e. The van der Waals surface area contributed by atoms with E-state index in [1.807, 2.05) is 72.8 Å². The Morgan fingerprint density at radius 1 is 0.529 bits per heavy atom. The number of aliphatic hydroxyl groups is 1. The molecular formula is C47H38BNO2. The first-order chi connectivity index (χ1) is 24.9. The fourth-order valence-corrected chi connectivity index (χ4v) is 7.67. The van der Waals surface area contributed by atoms with Crippen LogP contribution in [0.2, 0.25) is 0 Å². The van der Waals surface area contributed by atoms with Crippen LogP contribution in [-0.4, -0.2) is 17.6 Å². The molecule has 51 heavy (non-hydrogen) atoms. The van der Waals surface area contributed by atoms with Crippen LogP contribution in [0.5, 0.6) is 0 Å². The Labute approximate surface area is 300 Å². The molecule has 1 atom stereocenters. The fraction of sp³-hybridized carbons (Fsp3) is 0.0851. The molecule has 0 spiro atoms. The molecule has 0 amide bonds. The first-order valence-electron chi connectivity index (χ1n) is 17.5. The summed E-state index contributed by atoms with van der Waals surface area (Å²) in [6.45, 7) is 4.56. The van der Waals surface area contributed by atoms with Crippen molar-refractivity contribution in [2.75, 3.05) is 4.90 Å². The smallest absolute Gasteiger partial charge is 0.241 e. The van der Waals surface area contributed by atoms with E-state index in [0.29, 0.717) is 11.1 Å². The third-order valence-electron chi connectivity index (χ3n) is 10.3. The van der Waals surface area contributed by atoms with Gasteiger partial charge in [-0.05, 0) is 70.3 Å². The minimum atomic E-state index is -1.28. The molecule has 0 heterocycles. The number of hydrogen-bond acceptors (Lipinski definition) is 3. The van der Waals surface area contributed by atoms with Gasteiger partial charge in [-0.15, -0.1) is 0 Å². The molecule has 3 nitrogen and oxygen atoms in total. The first kappa shape index (κ1) is 32.3. The van der Waals surface area contributed by atoms with E-state index in [-0.39, 0.29) is 17.9 Å². The van der Waals surface area contributed by atoms with E-state index in [1.54, 1.807) is 0 Å². The zero-order chi connectivity index (χ0) is 35.0. The monoisotopic (exact) mass is 659 g/mol. The summed E-state index contributed by atoms with van der Waals surface area (Å²) in [7, 11) is 0. The first-order valence-corrected chi connectivity index (χ1v) is 17.5. The highest BCUT2D eigenvalue weighted by molar-refractivity contribution is 6.95. The van der Waals surface area contributed by atoms with E-state index < -0.39 is 6.10 Å². The van der Waals surface area contributed by atoms with Gasteiger partial charge in [0.25, 0.3) is 0 Å². The SMILES string of the molecule is CC1(C)c2cc(B(c3ccccc3)c3ccccc3)ccc2-c2ccc(C(=O)C(O)c3ccc(N(c4ccccc4)c4ccccc4)cc3)cc21. The Balaban J connectivity index is 1.08. The minimum absolute atomic E-state index is 0.100. The predicted octanol–water partition coefficient (Wildman–Crippen LogP) is 8.90. The molecule has 246 valence electrons. The van der Waals surface area contributed by atoms with Crippen LogP contribution < -0.4 is 21.3 Å². The van der Waals surface area contributed by atoms with Gasteiger partial charge < -0.3 is 10.0 Å². The number of hydrogen-bond donors (Lipinski definition) is 1. The number of benzene rings is 7. The lowest BCUT2D eigenvalue weighted by atomic mass is 9.36. The van der Waals surface area contributed by atoms with Crippen LogP contribution in [0.4, 0.5) is 17.1 Å². The molecule has 4 heteroatoms. The number of aliphatic hydroxyl groups excluding tert-OH is 1. The lowest BCUT2D eigenvalue weighted by Crippen LogP contribution is -2.52. The highest BCUT2D eigenvalue weighted by atomic mass is 16.3. The highest BCUT2D eigenvalue weighted by Crippen LogP contribution is 2.48. The minimum Gasteiger partial charge on any atom is -0.380 e. The number of para-hydroxylation sites is 2. The summed E-state index contributed by atoms with van der Waals surface area (Å²) >= 11 is 0. The lowest BCUT2D eigenvalue weighted by molar-refractivity contribution is 0.0747. The summed E-state index contributed by atoms with van der Waals surface area (Å²) < 4.78 is 0. The van der Waals surface area contributed by atoms with Crippen molar-refractivity contribution in [3.05, 3.63) is 204 Å². The quantitative estimate of drug-likeness (QED) is 0.124. The molecule has 1 aliphatic rings. The average Bonchev–Trinajstić information content (AvgIpc) is 3.41. The van der Waals surface area contributed by atoms with Gasteiger partial charge in [0.2, 0.25) is 6.71 Å². The number of Topliss-reactive ketones (excluding diaryl/α,β-unsaturated/α-hetero) is 1. The molecule has 0 aliphatic heterocycles. The Kier molecular flexibility index (Phi) is 8.47. The number of anilines is 3. The average molecular weight is 660 g/mol. The van der Waals surface area contributed by atoms with Crippen LogP contribution in [0.1, 0.15) is 47.0 Å². The van der Waals surface area contributed by atoms with Gasteiger partial charge >= 0.3 is 0 Å². The molecule has 0 aromatic heterocycles. The zero-order valence-electron chi connectivity index (χ0n) is 28.8. The Morgan fingerprint density at radius 3 is 1.51 bits per heavy atom. The van der Waals surface area contributed by atoms with Crippen molar-refractivity contribution in [1.82, 2.24) is 0 Å². The van der Waals surface area contributed by atoms with Gasteiger partial charge in [0, 0.05) is 28.0 Å². The second-order valence-electron chi connectivity index (χ2n) is 13.8. The number of ketones is 1. The van der Waals surface area contributed by atoms with Gasteiger partial charge in [0.15, 0.2) is 5.78 Å². The summed E-state index contributed by atoms with van der Waals surface area (Å²) in [5, 5.41) is 11.4. The standard InChI is InChI=1S/C47H38BNO2/c1-47(2)43-31-34(46(51)45(50)33-23-27-40(28-24-33)49(38-19-11-5-12-20-38)39-21-13-6-14-22-39)25-29-41(43)42-30-26-37(32-44(42)47)48(35-15-7-3-8-16-35)36-17-9-4-10-18-36/h3-32,45,50H,1-2H3. The van der Waals surface area contributed by atoms with Crippen LogP contribution in [0.3, 0.4) is 0 Å². The number of carbonyl (C=O) groups excluding carboxylic acids is 1. The van der Waals surface area contributed by atoms with Crippen molar-refractivity contribution < 1.29 is 9.90 Å². The third-order valence-corrected chi connectivity index (χ3v) is 10.3. The molecule has 7 aromatic rings. The van der Waals surface area contributed by atoms with Crippen LogP contribution in [0.15, 0.2) is 182 Å². The van der Waals surface area contributed by atoms with Gasteiger partial charge in [-0.1, -0.05) is 170 Å². The maximum atomic E-state index is 13.9. The molecule has 7 aromatic carbocycles.